The fraction of sp³-hybridized carbons (Fsp3) is 0.529. The van der Waals surface area contributed by atoms with Crippen LogP contribution in [-0.2, 0) is 22.1 Å². The molecule has 0 unspecified atom stereocenters. The quantitative estimate of drug-likeness (QED) is 0.317. The molecule has 15 heteroatoms. The molecule has 4 heterocycles. The molecule has 1 aromatic heterocycles. The molecule has 3 N–H and O–H groups in total. The normalized spacial score (nSPS) is 19.2. The first-order chi connectivity index (χ1) is 23.5. The van der Waals surface area contributed by atoms with Crippen molar-refractivity contribution < 1.29 is 27.5 Å². The smallest absolute Gasteiger partial charge is 0.418 e. The Morgan fingerprint density at radius 3 is 2.22 bits per heavy atom. The van der Waals surface area contributed by atoms with Crippen LogP contribution in [0.1, 0.15) is 62.1 Å². The van der Waals surface area contributed by atoms with E-state index in [4.69, 9.17) is 22.1 Å². The summed E-state index contributed by atoms with van der Waals surface area (Å²) in [6.45, 7) is 3.46. The van der Waals surface area contributed by atoms with E-state index in [-0.39, 0.29) is 41.8 Å². The maximum atomic E-state index is 13.9. The predicted molar refractivity (Wildman–Crippen MR) is 178 cm³/mol. The molecule has 3 aliphatic rings. The zero-order valence-corrected chi connectivity index (χ0v) is 27.9. The number of nitrogens with zero attached hydrogens (tertiary/aromatic N) is 5. The van der Waals surface area contributed by atoms with E-state index in [0.29, 0.717) is 37.8 Å². The van der Waals surface area contributed by atoms with Gasteiger partial charge in [0.25, 0.3) is 5.91 Å². The summed E-state index contributed by atoms with van der Waals surface area (Å²) in [5.74, 6) is -0.0106. The molecule has 1 atom stereocenters. The first-order valence-electron chi connectivity index (χ1n) is 16.9. The highest BCUT2D eigenvalue weighted by atomic mass is 35.5. The lowest BCUT2D eigenvalue weighted by Crippen LogP contribution is -2.52. The maximum Gasteiger partial charge on any atom is 0.418 e. The highest BCUT2D eigenvalue weighted by Gasteiger charge is 2.37. The zero-order valence-electron chi connectivity index (χ0n) is 27.1. The molecule has 11 nitrogen and oxygen atoms in total. The van der Waals surface area contributed by atoms with Crippen LogP contribution in [0.2, 0.25) is 5.02 Å². The van der Waals surface area contributed by atoms with Gasteiger partial charge >= 0.3 is 18.0 Å². The van der Waals surface area contributed by atoms with Crippen molar-refractivity contribution >= 4 is 29.3 Å². The number of carbonyl (C=O) groups is 2. The van der Waals surface area contributed by atoms with Crippen molar-refractivity contribution in [3.8, 4) is 11.4 Å². The molecule has 2 aromatic carbocycles. The molecule has 0 radical (unpaired) electrons. The van der Waals surface area contributed by atoms with E-state index in [1.54, 1.807) is 4.90 Å². The van der Waals surface area contributed by atoms with Crippen molar-refractivity contribution in [3.05, 3.63) is 69.1 Å². The number of hydrogen-bond acceptors (Lipinski definition) is 7. The van der Waals surface area contributed by atoms with E-state index in [0.717, 1.165) is 50.4 Å². The number of anilines is 1. The van der Waals surface area contributed by atoms with Crippen LogP contribution in [0, 0.1) is 0 Å². The molecule has 49 heavy (non-hydrogen) atoms. The van der Waals surface area contributed by atoms with E-state index in [1.165, 1.54) is 22.1 Å². The summed E-state index contributed by atoms with van der Waals surface area (Å²) >= 11 is 6.09. The average molecular weight is 704 g/mol. The first-order valence-corrected chi connectivity index (χ1v) is 17.2. The molecule has 0 spiro atoms. The standard InChI is InChI=1S/C34H41ClF3N7O4/c35-27-20-22(19-26(29(27)39)34(36,37)38)21-28(31(46)43-15-9-24(10-16-43)42-13-5-2-6-14-42)49-33(48)44-17-11-25(12-18-44)45-32(47)40-30(41-45)23-7-3-1-4-8-23/h1,3-4,7-8,19-20,24-25,28H,2,5-6,9-18,21,39H2,(H,40,41,47)/t28-/m1/s1. The third-order valence-corrected chi connectivity index (χ3v) is 10.2. The number of hydrogen-bond donors (Lipinski definition) is 2. The Kier molecular flexibility index (Phi) is 10.5. The second-order valence-electron chi connectivity index (χ2n) is 13.1. The Labute approximate surface area is 287 Å². The van der Waals surface area contributed by atoms with Crippen molar-refractivity contribution in [2.45, 2.75) is 75.7 Å². The van der Waals surface area contributed by atoms with Crippen LogP contribution in [0.25, 0.3) is 11.4 Å². The number of alkyl halides is 3. The number of nitrogens with one attached hydrogen (secondary N) is 1. The number of amides is 2. The number of aromatic amines is 1. The number of carbonyl (C=O) groups excluding carboxylic acids is 2. The van der Waals surface area contributed by atoms with Gasteiger partial charge in [0.15, 0.2) is 11.9 Å². The summed E-state index contributed by atoms with van der Waals surface area (Å²) in [6, 6.07) is 11.5. The van der Waals surface area contributed by atoms with Gasteiger partial charge in [-0.2, -0.15) is 13.2 Å². The first kappa shape index (κ1) is 34.8. The second kappa shape index (κ2) is 14.8. The molecule has 3 saturated heterocycles. The largest absolute Gasteiger partial charge is 0.436 e. The summed E-state index contributed by atoms with van der Waals surface area (Å²) in [5.41, 5.74) is 4.42. The van der Waals surface area contributed by atoms with Gasteiger partial charge in [-0.15, -0.1) is 5.10 Å². The zero-order chi connectivity index (χ0) is 34.7. The molecule has 2 amide bonds. The molecule has 3 aromatic rings. The molecule has 0 aliphatic carbocycles. The number of piperidine rings is 3. The molecule has 0 saturated carbocycles. The minimum Gasteiger partial charge on any atom is -0.436 e. The minimum absolute atomic E-state index is 0.0757. The van der Waals surface area contributed by atoms with Gasteiger partial charge in [-0.05, 0) is 69.3 Å². The van der Waals surface area contributed by atoms with Crippen LogP contribution in [0.15, 0.2) is 47.3 Å². The van der Waals surface area contributed by atoms with E-state index < -0.39 is 35.5 Å². The molecular weight excluding hydrogens is 663 g/mol. The van der Waals surface area contributed by atoms with E-state index >= 15 is 0 Å². The van der Waals surface area contributed by atoms with Crippen molar-refractivity contribution in [1.82, 2.24) is 29.5 Å². The van der Waals surface area contributed by atoms with E-state index in [1.807, 2.05) is 30.3 Å². The third-order valence-electron chi connectivity index (χ3n) is 9.87. The van der Waals surface area contributed by atoms with Crippen LogP contribution >= 0.6 is 11.6 Å². The minimum atomic E-state index is -4.77. The summed E-state index contributed by atoms with van der Waals surface area (Å²) in [7, 11) is 0. The topological polar surface area (TPSA) is 130 Å². The lowest BCUT2D eigenvalue weighted by Gasteiger charge is -2.41. The Morgan fingerprint density at radius 2 is 1.57 bits per heavy atom. The summed E-state index contributed by atoms with van der Waals surface area (Å²) < 4.78 is 48.5. The van der Waals surface area contributed by atoms with Gasteiger partial charge in [-0.3, -0.25) is 9.78 Å². The monoisotopic (exact) mass is 703 g/mol. The fourth-order valence-electron chi connectivity index (χ4n) is 7.16. The molecule has 3 fully saturated rings. The number of aromatic nitrogens is 3. The highest BCUT2D eigenvalue weighted by molar-refractivity contribution is 6.33. The van der Waals surface area contributed by atoms with Crippen molar-refractivity contribution in [2.75, 3.05) is 45.0 Å². The van der Waals surface area contributed by atoms with Crippen LogP contribution in [0.3, 0.4) is 0 Å². The second-order valence-corrected chi connectivity index (χ2v) is 13.5. The van der Waals surface area contributed by atoms with Crippen LogP contribution in [0.5, 0.6) is 0 Å². The predicted octanol–water partition coefficient (Wildman–Crippen LogP) is 5.35. The Morgan fingerprint density at radius 1 is 0.939 bits per heavy atom. The van der Waals surface area contributed by atoms with Gasteiger partial charge < -0.3 is 25.2 Å². The lowest BCUT2D eigenvalue weighted by atomic mass is 9.98. The Hall–Kier alpha value is -4.04. The van der Waals surface area contributed by atoms with Crippen molar-refractivity contribution in [3.63, 3.8) is 0 Å². The Bertz CT molecular complexity index is 1680. The number of nitrogen functional groups attached to an aromatic ring is 1. The van der Waals surface area contributed by atoms with Crippen molar-refractivity contribution in [1.29, 1.82) is 0 Å². The van der Waals surface area contributed by atoms with Crippen LogP contribution in [-0.4, -0.2) is 92.9 Å². The van der Waals surface area contributed by atoms with Gasteiger partial charge in [0, 0.05) is 44.2 Å². The molecule has 264 valence electrons. The van der Waals surface area contributed by atoms with E-state index in [9.17, 15) is 27.6 Å². The number of nitrogens with two attached hydrogens (primary N) is 1. The SMILES string of the molecule is Nc1c(Cl)cc(C[C@@H](OC(=O)N2CCC(n3nc(-c4ccccc4)[nH]c3=O)CC2)C(=O)N2CCC(N3CCCCC3)CC2)cc1C(F)(F)F. The number of ether oxygens (including phenoxy) is 1. The van der Waals surface area contributed by atoms with Gasteiger partial charge in [0.05, 0.1) is 22.3 Å². The summed E-state index contributed by atoms with van der Waals surface area (Å²) in [5, 5.41) is 4.18. The number of halogens is 4. The van der Waals surface area contributed by atoms with Crippen LogP contribution < -0.4 is 11.4 Å². The number of likely N-dealkylation sites (tertiary alicyclic amines) is 3. The van der Waals surface area contributed by atoms with Gasteiger partial charge in [-0.25, -0.2) is 14.3 Å². The Balaban J connectivity index is 1.14. The van der Waals surface area contributed by atoms with E-state index in [2.05, 4.69) is 15.0 Å². The van der Waals surface area contributed by atoms with Gasteiger partial charge in [-0.1, -0.05) is 48.4 Å². The fourth-order valence-corrected chi connectivity index (χ4v) is 7.40. The lowest BCUT2D eigenvalue weighted by molar-refractivity contribution is -0.142. The summed E-state index contributed by atoms with van der Waals surface area (Å²) in [6.07, 6.45) is -1.29. The molecular formula is C34H41ClF3N7O4. The van der Waals surface area contributed by atoms with Gasteiger partial charge in [0.1, 0.15) is 0 Å². The summed E-state index contributed by atoms with van der Waals surface area (Å²) in [4.78, 5) is 48.5. The van der Waals surface area contributed by atoms with Crippen molar-refractivity contribution in [2.24, 2.45) is 0 Å². The number of benzene rings is 2. The third kappa shape index (κ3) is 8.07. The highest BCUT2D eigenvalue weighted by Crippen LogP contribution is 2.38. The van der Waals surface area contributed by atoms with Gasteiger partial charge in [0.2, 0.25) is 0 Å². The molecule has 6 rings (SSSR count). The molecule has 0 bridgehead atoms. The number of rotatable bonds is 7. The number of H-pyrrole nitrogens is 1. The molecule has 3 aliphatic heterocycles. The maximum absolute atomic E-state index is 13.9. The average Bonchev–Trinajstić information content (AvgIpc) is 3.51. The van der Waals surface area contributed by atoms with Crippen LogP contribution in [0.4, 0.5) is 23.7 Å².